The molecule has 4 rings (SSSR count). The Bertz CT molecular complexity index is 812. The first-order valence-corrected chi connectivity index (χ1v) is 8.54. The van der Waals surface area contributed by atoms with Crippen molar-refractivity contribution in [1.29, 1.82) is 0 Å². The van der Waals surface area contributed by atoms with E-state index < -0.39 is 0 Å². The molecule has 24 heavy (non-hydrogen) atoms. The fourth-order valence-electron chi connectivity index (χ4n) is 3.38. The maximum Gasteiger partial charge on any atom is 0.227 e. The van der Waals surface area contributed by atoms with Crippen molar-refractivity contribution in [1.82, 2.24) is 4.98 Å². The van der Waals surface area contributed by atoms with Crippen molar-refractivity contribution in [2.24, 2.45) is 5.92 Å². The van der Waals surface area contributed by atoms with Crippen LogP contribution >= 0.6 is 0 Å². The molecule has 0 bridgehead atoms. The summed E-state index contributed by atoms with van der Waals surface area (Å²) in [5.41, 5.74) is 3.35. The van der Waals surface area contributed by atoms with Crippen molar-refractivity contribution in [2.45, 2.75) is 32.1 Å². The average molecular weight is 320 g/mol. The van der Waals surface area contributed by atoms with Gasteiger partial charge in [0.2, 0.25) is 11.8 Å². The number of para-hydroxylation sites is 2. The molecule has 1 amide bonds. The molecule has 122 valence electrons. The monoisotopic (exact) mass is 320 g/mol. The molecule has 0 spiro atoms. The van der Waals surface area contributed by atoms with Crippen LogP contribution in [0.15, 0.2) is 52.9 Å². The van der Waals surface area contributed by atoms with Gasteiger partial charge in [-0.15, -0.1) is 0 Å². The second kappa shape index (κ2) is 6.48. The molecule has 0 saturated heterocycles. The third-order valence-electron chi connectivity index (χ3n) is 4.66. The predicted octanol–water partition coefficient (Wildman–Crippen LogP) is 5.01. The van der Waals surface area contributed by atoms with E-state index in [-0.39, 0.29) is 5.91 Å². The normalized spacial score (nSPS) is 15.0. The van der Waals surface area contributed by atoms with Crippen LogP contribution in [0, 0.1) is 5.92 Å². The summed E-state index contributed by atoms with van der Waals surface area (Å²) >= 11 is 0. The number of carbonyl (C=O) groups is 1. The van der Waals surface area contributed by atoms with Gasteiger partial charge in [-0.25, -0.2) is 4.98 Å². The zero-order valence-corrected chi connectivity index (χ0v) is 13.5. The third-order valence-corrected chi connectivity index (χ3v) is 4.66. The number of nitrogens with zero attached hydrogens (tertiary/aromatic N) is 1. The molecule has 1 N–H and O–H groups in total. The highest BCUT2D eigenvalue weighted by atomic mass is 16.3. The molecule has 4 heteroatoms. The first kappa shape index (κ1) is 14.9. The number of carbonyl (C=O) groups excluding carboxylic acids is 1. The molecule has 0 atom stereocenters. The lowest BCUT2D eigenvalue weighted by Gasteiger charge is -2.09. The minimum atomic E-state index is 0.108. The summed E-state index contributed by atoms with van der Waals surface area (Å²) in [7, 11) is 0. The predicted molar refractivity (Wildman–Crippen MR) is 94.6 cm³/mol. The molecular weight excluding hydrogens is 300 g/mol. The van der Waals surface area contributed by atoms with Crippen molar-refractivity contribution in [2.75, 3.05) is 5.32 Å². The molecule has 1 fully saturated rings. The maximum atomic E-state index is 12.1. The fourth-order valence-corrected chi connectivity index (χ4v) is 3.38. The molecule has 0 aliphatic heterocycles. The molecule has 2 aromatic carbocycles. The van der Waals surface area contributed by atoms with Crippen LogP contribution in [0.25, 0.3) is 22.6 Å². The Morgan fingerprint density at radius 2 is 1.83 bits per heavy atom. The van der Waals surface area contributed by atoms with Crippen molar-refractivity contribution in [3.8, 4) is 11.5 Å². The number of fused-ring (bicyclic) bond motifs is 1. The Morgan fingerprint density at radius 3 is 2.58 bits per heavy atom. The molecule has 3 aromatic rings. The molecule has 1 aliphatic carbocycles. The van der Waals surface area contributed by atoms with Crippen LogP contribution in [0.1, 0.15) is 32.1 Å². The van der Waals surface area contributed by atoms with Crippen LogP contribution in [-0.4, -0.2) is 10.9 Å². The van der Waals surface area contributed by atoms with Crippen molar-refractivity contribution in [3.63, 3.8) is 0 Å². The number of rotatable bonds is 4. The molecule has 0 unspecified atom stereocenters. The number of anilines is 1. The highest BCUT2D eigenvalue weighted by molar-refractivity contribution is 5.91. The van der Waals surface area contributed by atoms with E-state index in [0.29, 0.717) is 18.2 Å². The van der Waals surface area contributed by atoms with Crippen LogP contribution in [0.5, 0.6) is 0 Å². The second-order valence-electron chi connectivity index (χ2n) is 6.47. The van der Waals surface area contributed by atoms with Crippen molar-refractivity contribution >= 4 is 22.7 Å². The first-order chi connectivity index (χ1) is 11.8. The molecular formula is C20H20N2O2. The summed E-state index contributed by atoms with van der Waals surface area (Å²) in [5, 5.41) is 2.98. The number of benzene rings is 2. The summed E-state index contributed by atoms with van der Waals surface area (Å²) in [6.07, 6.45) is 5.52. The maximum absolute atomic E-state index is 12.1. The van der Waals surface area contributed by atoms with E-state index in [1.807, 2.05) is 48.5 Å². The van der Waals surface area contributed by atoms with Gasteiger partial charge in [-0.05, 0) is 55.2 Å². The summed E-state index contributed by atoms with van der Waals surface area (Å²) < 4.78 is 5.77. The van der Waals surface area contributed by atoms with Crippen LogP contribution in [0.4, 0.5) is 5.69 Å². The lowest BCUT2D eigenvalue weighted by molar-refractivity contribution is -0.117. The molecule has 1 aromatic heterocycles. The summed E-state index contributed by atoms with van der Waals surface area (Å²) in [6, 6.07) is 15.4. The van der Waals surface area contributed by atoms with Crippen LogP contribution in [-0.2, 0) is 4.79 Å². The Balaban J connectivity index is 1.45. The SMILES string of the molecule is O=C(CC1CCCC1)Nc1ccc(-c2nc3ccccc3o2)cc1. The van der Waals surface area contributed by atoms with Crippen LogP contribution in [0.3, 0.4) is 0 Å². The van der Waals surface area contributed by atoms with Gasteiger partial charge in [0.1, 0.15) is 5.52 Å². The topological polar surface area (TPSA) is 55.1 Å². The first-order valence-electron chi connectivity index (χ1n) is 8.54. The summed E-state index contributed by atoms with van der Waals surface area (Å²) in [6.45, 7) is 0. The lowest BCUT2D eigenvalue weighted by atomic mass is 10.0. The number of nitrogens with one attached hydrogen (secondary N) is 1. The van der Waals surface area contributed by atoms with E-state index in [2.05, 4.69) is 10.3 Å². The Morgan fingerprint density at radius 1 is 1.08 bits per heavy atom. The Labute approximate surface area is 140 Å². The van der Waals surface area contributed by atoms with E-state index in [1.165, 1.54) is 25.7 Å². The van der Waals surface area contributed by atoms with E-state index >= 15 is 0 Å². The Kier molecular flexibility index (Phi) is 4.03. The minimum Gasteiger partial charge on any atom is -0.436 e. The van der Waals surface area contributed by atoms with Gasteiger partial charge < -0.3 is 9.73 Å². The number of hydrogen-bond donors (Lipinski definition) is 1. The highest BCUT2D eigenvalue weighted by Crippen LogP contribution is 2.28. The summed E-state index contributed by atoms with van der Waals surface area (Å²) in [4.78, 5) is 16.6. The molecule has 0 radical (unpaired) electrons. The molecule has 1 heterocycles. The molecule has 1 saturated carbocycles. The Hall–Kier alpha value is -2.62. The largest absolute Gasteiger partial charge is 0.436 e. The average Bonchev–Trinajstić information content (AvgIpc) is 3.24. The summed E-state index contributed by atoms with van der Waals surface area (Å²) in [5.74, 6) is 1.26. The standard InChI is InChI=1S/C20H20N2O2/c23-19(13-14-5-1-2-6-14)21-16-11-9-15(10-12-16)20-22-17-7-3-4-8-18(17)24-20/h3-4,7-12,14H,1-2,5-6,13H2,(H,21,23). The van der Waals surface area contributed by atoms with Crippen molar-refractivity contribution in [3.05, 3.63) is 48.5 Å². The number of oxazole rings is 1. The van der Waals surface area contributed by atoms with Gasteiger partial charge in [0, 0.05) is 17.7 Å². The van der Waals surface area contributed by atoms with Gasteiger partial charge in [0.05, 0.1) is 0 Å². The zero-order chi connectivity index (χ0) is 16.4. The van der Waals surface area contributed by atoms with Crippen LogP contribution in [0.2, 0.25) is 0 Å². The van der Waals surface area contributed by atoms with Gasteiger partial charge in [-0.1, -0.05) is 25.0 Å². The fraction of sp³-hybridized carbons (Fsp3) is 0.300. The highest BCUT2D eigenvalue weighted by Gasteiger charge is 2.18. The van der Waals surface area contributed by atoms with E-state index in [1.54, 1.807) is 0 Å². The molecule has 1 aliphatic rings. The molecule has 4 nitrogen and oxygen atoms in total. The smallest absolute Gasteiger partial charge is 0.227 e. The van der Waals surface area contributed by atoms with Gasteiger partial charge in [0.25, 0.3) is 0 Å². The number of hydrogen-bond acceptors (Lipinski definition) is 3. The number of aromatic nitrogens is 1. The lowest BCUT2D eigenvalue weighted by Crippen LogP contribution is -2.14. The van der Waals surface area contributed by atoms with Gasteiger partial charge in [0.15, 0.2) is 5.58 Å². The third kappa shape index (κ3) is 3.18. The quantitative estimate of drug-likeness (QED) is 0.735. The van der Waals surface area contributed by atoms with Gasteiger partial charge in [-0.2, -0.15) is 0 Å². The van der Waals surface area contributed by atoms with Gasteiger partial charge >= 0.3 is 0 Å². The van der Waals surface area contributed by atoms with Gasteiger partial charge in [-0.3, -0.25) is 4.79 Å². The minimum absolute atomic E-state index is 0.108. The van der Waals surface area contributed by atoms with Crippen molar-refractivity contribution < 1.29 is 9.21 Å². The van der Waals surface area contributed by atoms with E-state index in [9.17, 15) is 4.79 Å². The van der Waals surface area contributed by atoms with Crippen LogP contribution < -0.4 is 5.32 Å². The second-order valence-corrected chi connectivity index (χ2v) is 6.47. The zero-order valence-electron chi connectivity index (χ0n) is 13.5. The number of amides is 1. The van der Waals surface area contributed by atoms with E-state index in [0.717, 1.165) is 22.4 Å². The van der Waals surface area contributed by atoms with E-state index in [4.69, 9.17) is 4.42 Å².